The fraction of sp³-hybridized carbons (Fsp3) is 0.478. The van der Waals surface area contributed by atoms with Crippen molar-refractivity contribution in [3.05, 3.63) is 42.2 Å². The molecule has 4 heterocycles. The Labute approximate surface area is 209 Å². The zero-order chi connectivity index (χ0) is 21.0. The number of nitrogens with one attached hydrogen (secondary N) is 1. The lowest BCUT2D eigenvalue weighted by Crippen LogP contribution is -2.53. The first-order chi connectivity index (χ1) is 15.3. The molecule has 2 saturated heterocycles. The largest absolute Gasteiger partial charge is 0.457 e. The molecule has 2 aromatic heterocycles. The van der Waals surface area contributed by atoms with Crippen LogP contribution in [0.2, 0.25) is 0 Å². The van der Waals surface area contributed by atoms with Gasteiger partial charge < -0.3 is 24.1 Å². The molecular formula is C23H29IN4O3S. The highest BCUT2D eigenvalue weighted by molar-refractivity contribution is 14.0. The average Bonchev–Trinajstić information content (AvgIpc) is 3.57. The third-order valence-electron chi connectivity index (χ3n) is 5.66. The molecule has 2 atom stereocenters. The minimum atomic E-state index is 0. The topological polar surface area (TPSA) is 72.1 Å². The van der Waals surface area contributed by atoms with E-state index in [4.69, 9.17) is 18.9 Å². The number of halogens is 1. The molecule has 2 unspecified atom stereocenters. The second kappa shape index (κ2) is 11.0. The van der Waals surface area contributed by atoms with Crippen LogP contribution in [0.5, 0.6) is 0 Å². The molecule has 9 heteroatoms. The number of hydrogen-bond donors (Lipinski definition) is 1. The van der Waals surface area contributed by atoms with E-state index < -0.39 is 0 Å². The molecule has 0 saturated carbocycles. The molecule has 32 heavy (non-hydrogen) atoms. The molecule has 0 aliphatic carbocycles. The molecule has 0 bridgehead atoms. The quantitative estimate of drug-likeness (QED) is 0.277. The Kier molecular flexibility index (Phi) is 8.03. The number of ether oxygens (including phenoxy) is 2. The van der Waals surface area contributed by atoms with Gasteiger partial charge >= 0.3 is 0 Å². The maximum atomic E-state index is 6.07. The first-order valence-corrected chi connectivity index (χ1v) is 11.8. The zero-order valence-electron chi connectivity index (χ0n) is 18.2. The number of guanidine groups is 1. The molecule has 0 spiro atoms. The number of benzene rings is 1. The molecule has 2 aliphatic rings. The number of thiazole rings is 1. The van der Waals surface area contributed by atoms with Crippen molar-refractivity contribution in [1.82, 2.24) is 15.2 Å². The highest BCUT2D eigenvalue weighted by Gasteiger charge is 2.32. The first kappa shape index (κ1) is 23.5. The predicted molar refractivity (Wildman–Crippen MR) is 138 cm³/mol. The molecule has 172 valence electrons. The highest BCUT2D eigenvalue weighted by atomic mass is 127. The predicted octanol–water partition coefficient (Wildman–Crippen LogP) is 4.52. The average molecular weight is 568 g/mol. The normalized spacial score (nSPS) is 21.7. The third kappa shape index (κ3) is 5.27. The number of hydrogen-bond acceptors (Lipinski definition) is 6. The highest BCUT2D eigenvalue weighted by Crippen LogP contribution is 2.31. The fourth-order valence-corrected chi connectivity index (χ4v) is 5.05. The van der Waals surface area contributed by atoms with Crippen molar-refractivity contribution in [2.45, 2.75) is 38.5 Å². The number of nitrogens with zero attached hydrogens (tertiary/aromatic N) is 3. The molecule has 2 fully saturated rings. The van der Waals surface area contributed by atoms with Crippen LogP contribution >= 0.6 is 35.3 Å². The van der Waals surface area contributed by atoms with Crippen LogP contribution in [0.4, 0.5) is 0 Å². The van der Waals surface area contributed by atoms with Gasteiger partial charge in [0.05, 0.1) is 22.9 Å². The molecular weight excluding hydrogens is 539 g/mol. The van der Waals surface area contributed by atoms with Crippen molar-refractivity contribution < 1.29 is 13.9 Å². The monoisotopic (exact) mass is 568 g/mol. The van der Waals surface area contributed by atoms with E-state index in [0.29, 0.717) is 13.2 Å². The van der Waals surface area contributed by atoms with E-state index in [1.807, 2.05) is 30.3 Å². The number of furan rings is 1. The van der Waals surface area contributed by atoms with Crippen molar-refractivity contribution in [3.8, 4) is 10.8 Å². The van der Waals surface area contributed by atoms with Gasteiger partial charge in [0.15, 0.2) is 16.7 Å². The number of rotatable bonds is 5. The Morgan fingerprint density at radius 1 is 1.19 bits per heavy atom. The summed E-state index contributed by atoms with van der Waals surface area (Å²) in [7, 11) is 0. The molecule has 7 nitrogen and oxygen atoms in total. The second-order valence-corrected chi connectivity index (χ2v) is 8.86. The summed E-state index contributed by atoms with van der Waals surface area (Å²) in [5.41, 5.74) is 1.00. The van der Waals surface area contributed by atoms with Crippen molar-refractivity contribution in [2.24, 2.45) is 4.99 Å². The van der Waals surface area contributed by atoms with Gasteiger partial charge in [-0.25, -0.2) is 9.98 Å². The fourth-order valence-electron chi connectivity index (χ4n) is 4.12. The van der Waals surface area contributed by atoms with Crippen LogP contribution in [0.25, 0.3) is 21.0 Å². The Balaban J connectivity index is 0.00000245. The van der Waals surface area contributed by atoms with E-state index in [-0.39, 0.29) is 36.2 Å². The van der Waals surface area contributed by atoms with Crippen LogP contribution in [0.3, 0.4) is 0 Å². The number of aliphatic imine (C=N–C) groups is 1. The van der Waals surface area contributed by atoms with Crippen LogP contribution in [-0.4, -0.2) is 60.9 Å². The van der Waals surface area contributed by atoms with Crippen molar-refractivity contribution in [2.75, 3.05) is 32.8 Å². The summed E-state index contributed by atoms with van der Waals surface area (Å²) in [4.78, 5) is 11.8. The van der Waals surface area contributed by atoms with Gasteiger partial charge in [-0.05, 0) is 44.0 Å². The van der Waals surface area contributed by atoms with Crippen LogP contribution in [0.15, 0.2) is 45.8 Å². The van der Waals surface area contributed by atoms with E-state index in [9.17, 15) is 0 Å². The van der Waals surface area contributed by atoms with Crippen molar-refractivity contribution in [1.29, 1.82) is 0 Å². The van der Waals surface area contributed by atoms with Crippen LogP contribution in [-0.2, 0) is 16.0 Å². The lowest BCUT2D eigenvalue weighted by molar-refractivity contribution is -0.0817. The first-order valence-electron chi connectivity index (χ1n) is 11.0. The van der Waals surface area contributed by atoms with Gasteiger partial charge in [-0.15, -0.1) is 35.3 Å². The van der Waals surface area contributed by atoms with Gasteiger partial charge in [0.1, 0.15) is 18.4 Å². The third-order valence-corrected chi connectivity index (χ3v) is 6.71. The van der Waals surface area contributed by atoms with E-state index >= 15 is 0 Å². The van der Waals surface area contributed by atoms with E-state index in [2.05, 4.69) is 28.2 Å². The van der Waals surface area contributed by atoms with Gasteiger partial charge in [0, 0.05) is 26.2 Å². The second-order valence-electron chi connectivity index (χ2n) is 7.83. The molecule has 3 aromatic rings. The van der Waals surface area contributed by atoms with Gasteiger partial charge in [0.25, 0.3) is 0 Å². The standard InChI is InChI=1S/C23H28N4O3S.HI/c1-2-24-23(27-11-13-29-20(15-27)18-7-5-12-28-18)25-14-16-9-10-19(30-16)22-26-17-6-3-4-8-21(17)31-22;/h3-4,6,8-10,18,20H,2,5,7,11-15H2,1H3,(H,24,25);1H. The van der Waals surface area contributed by atoms with Crippen LogP contribution < -0.4 is 5.32 Å². The number of morpholine rings is 1. The summed E-state index contributed by atoms with van der Waals surface area (Å²) in [5, 5.41) is 4.32. The van der Waals surface area contributed by atoms with Gasteiger partial charge in [-0.3, -0.25) is 0 Å². The lowest BCUT2D eigenvalue weighted by Gasteiger charge is -2.37. The Hall–Kier alpha value is -1.69. The SMILES string of the molecule is CCNC(=NCc1ccc(-c2nc3ccccc3s2)o1)N1CCOC(C2CCCO2)C1.I. The van der Waals surface area contributed by atoms with Crippen molar-refractivity contribution >= 4 is 51.5 Å². The minimum Gasteiger partial charge on any atom is -0.457 e. The molecule has 5 rings (SSSR count). The summed E-state index contributed by atoms with van der Waals surface area (Å²) in [5.74, 6) is 2.52. The molecule has 1 aromatic carbocycles. The van der Waals surface area contributed by atoms with E-state index in [0.717, 1.165) is 71.8 Å². The summed E-state index contributed by atoms with van der Waals surface area (Å²) in [6.45, 7) is 6.54. The smallest absolute Gasteiger partial charge is 0.194 e. The van der Waals surface area contributed by atoms with Crippen molar-refractivity contribution in [3.63, 3.8) is 0 Å². The van der Waals surface area contributed by atoms with Gasteiger partial charge in [-0.1, -0.05) is 12.1 Å². The summed E-state index contributed by atoms with van der Waals surface area (Å²) in [6.07, 6.45) is 2.50. The van der Waals surface area contributed by atoms with Gasteiger partial charge in [-0.2, -0.15) is 0 Å². The zero-order valence-corrected chi connectivity index (χ0v) is 21.3. The summed E-state index contributed by atoms with van der Waals surface area (Å²) < 4.78 is 19.1. The van der Waals surface area contributed by atoms with Gasteiger partial charge in [0.2, 0.25) is 0 Å². The maximum Gasteiger partial charge on any atom is 0.194 e. The molecule has 1 N–H and O–H groups in total. The lowest BCUT2D eigenvalue weighted by atomic mass is 10.1. The summed E-state index contributed by atoms with van der Waals surface area (Å²) in [6, 6.07) is 12.1. The minimum absolute atomic E-state index is 0. The maximum absolute atomic E-state index is 6.07. The van der Waals surface area contributed by atoms with Crippen LogP contribution in [0, 0.1) is 0 Å². The van der Waals surface area contributed by atoms with E-state index in [1.165, 1.54) is 0 Å². The number of para-hydroxylation sites is 1. The Morgan fingerprint density at radius 2 is 2.06 bits per heavy atom. The Bertz CT molecular complexity index is 1010. The summed E-state index contributed by atoms with van der Waals surface area (Å²) >= 11 is 1.64. The number of aromatic nitrogens is 1. The molecule has 0 amide bonds. The van der Waals surface area contributed by atoms with Crippen LogP contribution in [0.1, 0.15) is 25.5 Å². The number of fused-ring (bicyclic) bond motifs is 1. The van der Waals surface area contributed by atoms with E-state index in [1.54, 1.807) is 11.3 Å². The molecule has 2 aliphatic heterocycles. The Morgan fingerprint density at radius 3 is 2.88 bits per heavy atom. The molecule has 0 radical (unpaired) electrons.